The first-order valence-electron chi connectivity index (χ1n) is 11.6. The molecule has 4 heteroatoms. The summed E-state index contributed by atoms with van der Waals surface area (Å²) in [6.07, 6.45) is 2.27. The van der Waals surface area contributed by atoms with E-state index in [4.69, 9.17) is 4.74 Å². The molecule has 1 saturated heterocycles. The average Bonchev–Trinajstić information content (AvgIpc) is 2.85. The number of anilines is 2. The van der Waals surface area contributed by atoms with Gasteiger partial charge in [-0.3, -0.25) is 4.79 Å². The third kappa shape index (κ3) is 5.31. The van der Waals surface area contributed by atoms with E-state index in [-0.39, 0.29) is 11.8 Å². The van der Waals surface area contributed by atoms with E-state index in [0.29, 0.717) is 12.5 Å². The number of rotatable bonds is 7. The molecule has 1 aliphatic heterocycles. The zero-order valence-electron chi connectivity index (χ0n) is 19.0. The van der Waals surface area contributed by atoms with Crippen molar-refractivity contribution in [1.82, 2.24) is 0 Å². The van der Waals surface area contributed by atoms with Crippen LogP contribution in [0.4, 0.5) is 11.4 Å². The summed E-state index contributed by atoms with van der Waals surface area (Å²) < 4.78 is 5.55. The fraction of sp³-hybridized carbons (Fsp3) is 0.321. The molecule has 0 spiro atoms. The molecule has 32 heavy (non-hydrogen) atoms. The highest BCUT2D eigenvalue weighted by Crippen LogP contribution is 2.32. The number of carbonyl (C=O) groups is 1. The Labute approximate surface area is 191 Å². The Morgan fingerprint density at radius 2 is 1.62 bits per heavy atom. The summed E-state index contributed by atoms with van der Waals surface area (Å²) in [6.45, 7) is 6.76. The number of nitrogens with one attached hydrogen (secondary N) is 1. The summed E-state index contributed by atoms with van der Waals surface area (Å²) in [5.74, 6) is 1.33. The molecule has 166 valence electrons. The summed E-state index contributed by atoms with van der Waals surface area (Å²) in [4.78, 5) is 15.1. The van der Waals surface area contributed by atoms with E-state index in [1.54, 1.807) is 0 Å². The maximum Gasteiger partial charge on any atom is 0.231 e. The van der Waals surface area contributed by atoms with Gasteiger partial charge in [0.25, 0.3) is 0 Å². The van der Waals surface area contributed by atoms with Gasteiger partial charge in [-0.15, -0.1) is 0 Å². The minimum Gasteiger partial charge on any atom is -0.494 e. The molecule has 0 saturated carbocycles. The maximum absolute atomic E-state index is 12.6. The van der Waals surface area contributed by atoms with Crippen LogP contribution in [0.1, 0.15) is 49.7 Å². The molecule has 3 aromatic carbocycles. The van der Waals surface area contributed by atoms with Gasteiger partial charge in [0.2, 0.25) is 5.91 Å². The minimum atomic E-state index is -0.189. The fourth-order valence-electron chi connectivity index (χ4n) is 4.37. The van der Waals surface area contributed by atoms with Gasteiger partial charge in [0, 0.05) is 24.5 Å². The van der Waals surface area contributed by atoms with Crippen molar-refractivity contribution in [2.75, 3.05) is 29.9 Å². The van der Waals surface area contributed by atoms with Crippen molar-refractivity contribution >= 4 is 17.3 Å². The second-order valence-corrected chi connectivity index (χ2v) is 8.43. The van der Waals surface area contributed by atoms with Crippen molar-refractivity contribution in [2.24, 2.45) is 0 Å². The Bertz CT molecular complexity index is 992. The van der Waals surface area contributed by atoms with Gasteiger partial charge in [0.1, 0.15) is 5.75 Å². The molecule has 0 aromatic heterocycles. The summed E-state index contributed by atoms with van der Waals surface area (Å²) in [5, 5.41) is 3.00. The molecule has 1 heterocycles. The van der Waals surface area contributed by atoms with Crippen LogP contribution in [0.25, 0.3) is 0 Å². The number of hydrogen-bond donors (Lipinski definition) is 1. The molecule has 3 aromatic rings. The topological polar surface area (TPSA) is 41.6 Å². The SMILES string of the molecule is CCOc1ccc(N2CCC(c3ccc(C(C)C(=O)Nc4ccccc4)cc3)CC2)cc1. The quantitative estimate of drug-likeness (QED) is 0.486. The summed E-state index contributed by atoms with van der Waals surface area (Å²) in [6, 6.07) is 26.7. The Morgan fingerprint density at radius 3 is 2.25 bits per heavy atom. The lowest BCUT2D eigenvalue weighted by atomic mass is 9.87. The number of para-hydroxylation sites is 1. The third-order valence-corrected chi connectivity index (χ3v) is 6.35. The molecule has 1 fully saturated rings. The molecule has 1 unspecified atom stereocenters. The van der Waals surface area contributed by atoms with Crippen molar-refractivity contribution in [3.05, 3.63) is 90.0 Å². The predicted octanol–water partition coefficient (Wildman–Crippen LogP) is 6.21. The van der Waals surface area contributed by atoms with Crippen LogP contribution in [-0.4, -0.2) is 25.6 Å². The third-order valence-electron chi connectivity index (χ3n) is 6.35. The Kier molecular flexibility index (Phi) is 7.10. The Morgan fingerprint density at radius 1 is 0.969 bits per heavy atom. The number of nitrogens with zero attached hydrogens (tertiary/aromatic N) is 1. The number of amides is 1. The lowest BCUT2D eigenvalue weighted by molar-refractivity contribution is -0.117. The van der Waals surface area contributed by atoms with E-state index >= 15 is 0 Å². The fourth-order valence-corrected chi connectivity index (χ4v) is 4.37. The zero-order chi connectivity index (χ0) is 22.3. The van der Waals surface area contributed by atoms with Crippen LogP contribution in [0, 0.1) is 0 Å². The molecular formula is C28H32N2O2. The van der Waals surface area contributed by atoms with E-state index in [1.807, 2.05) is 44.2 Å². The number of piperidine rings is 1. The standard InChI is InChI=1S/C28H32N2O2/c1-3-32-27-15-13-26(14-16-27)30-19-17-24(18-20-30)23-11-9-22(10-12-23)21(2)28(31)29-25-7-5-4-6-8-25/h4-16,21,24H,3,17-20H2,1-2H3,(H,29,31). The minimum absolute atomic E-state index is 0.0209. The van der Waals surface area contributed by atoms with Crippen molar-refractivity contribution in [2.45, 2.75) is 38.5 Å². The van der Waals surface area contributed by atoms with Crippen LogP contribution < -0.4 is 15.0 Å². The zero-order valence-corrected chi connectivity index (χ0v) is 19.0. The summed E-state index contributed by atoms with van der Waals surface area (Å²) >= 11 is 0. The van der Waals surface area contributed by atoms with Crippen molar-refractivity contribution in [1.29, 1.82) is 0 Å². The first-order chi connectivity index (χ1) is 15.6. The van der Waals surface area contributed by atoms with Gasteiger partial charge in [-0.05, 0) is 80.1 Å². The summed E-state index contributed by atoms with van der Waals surface area (Å²) in [5.41, 5.74) is 4.52. The van der Waals surface area contributed by atoms with E-state index in [1.165, 1.54) is 11.3 Å². The first kappa shape index (κ1) is 21.9. The molecule has 0 aliphatic carbocycles. The normalized spacial score (nSPS) is 15.2. The molecule has 4 nitrogen and oxygen atoms in total. The van der Waals surface area contributed by atoms with Gasteiger partial charge in [0.15, 0.2) is 0 Å². The number of hydrogen-bond acceptors (Lipinski definition) is 3. The number of benzene rings is 3. The van der Waals surface area contributed by atoms with Gasteiger partial charge < -0.3 is 15.0 Å². The lowest BCUT2D eigenvalue weighted by Gasteiger charge is -2.34. The van der Waals surface area contributed by atoms with Crippen molar-refractivity contribution in [3.63, 3.8) is 0 Å². The van der Waals surface area contributed by atoms with E-state index in [2.05, 4.69) is 58.7 Å². The molecule has 4 rings (SSSR count). The lowest BCUT2D eigenvalue weighted by Crippen LogP contribution is -2.32. The maximum atomic E-state index is 12.6. The largest absolute Gasteiger partial charge is 0.494 e. The number of carbonyl (C=O) groups excluding carboxylic acids is 1. The Hall–Kier alpha value is -3.27. The highest BCUT2D eigenvalue weighted by Gasteiger charge is 2.22. The van der Waals surface area contributed by atoms with Crippen LogP contribution >= 0.6 is 0 Å². The smallest absolute Gasteiger partial charge is 0.231 e. The second-order valence-electron chi connectivity index (χ2n) is 8.43. The van der Waals surface area contributed by atoms with Crippen LogP contribution in [0.5, 0.6) is 5.75 Å². The van der Waals surface area contributed by atoms with Gasteiger partial charge in [-0.2, -0.15) is 0 Å². The Balaban J connectivity index is 1.32. The molecule has 0 bridgehead atoms. The van der Waals surface area contributed by atoms with E-state index in [0.717, 1.165) is 42.9 Å². The molecule has 1 N–H and O–H groups in total. The van der Waals surface area contributed by atoms with Crippen LogP contribution in [0.3, 0.4) is 0 Å². The monoisotopic (exact) mass is 428 g/mol. The van der Waals surface area contributed by atoms with Gasteiger partial charge in [-0.1, -0.05) is 42.5 Å². The van der Waals surface area contributed by atoms with Crippen molar-refractivity contribution < 1.29 is 9.53 Å². The van der Waals surface area contributed by atoms with Gasteiger partial charge >= 0.3 is 0 Å². The second kappa shape index (κ2) is 10.4. The molecule has 1 aliphatic rings. The molecule has 0 radical (unpaired) electrons. The number of ether oxygens (including phenoxy) is 1. The van der Waals surface area contributed by atoms with Crippen LogP contribution in [0.15, 0.2) is 78.9 Å². The molecule has 1 amide bonds. The average molecular weight is 429 g/mol. The molecule has 1 atom stereocenters. The van der Waals surface area contributed by atoms with Crippen LogP contribution in [-0.2, 0) is 4.79 Å². The first-order valence-corrected chi connectivity index (χ1v) is 11.6. The van der Waals surface area contributed by atoms with Gasteiger partial charge in [-0.25, -0.2) is 0 Å². The van der Waals surface area contributed by atoms with Gasteiger partial charge in [0.05, 0.1) is 12.5 Å². The predicted molar refractivity (Wildman–Crippen MR) is 132 cm³/mol. The van der Waals surface area contributed by atoms with Crippen LogP contribution in [0.2, 0.25) is 0 Å². The van der Waals surface area contributed by atoms with E-state index < -0.39 is 0 Å². The molecular weight excluding hydrogens is 396 g/mol. The highest BCUT2D eigenvalue weighted by atomic mass is 16.5. The van der Waals surface area contributed by atoms with Crippen molar-refractivity contribution in [3.8, 4) is 5.75 Å². The highest BCUT2D eigenvalue weighted by molar-refractivity contribution is 5.95. The van der Waals surface area contributed by atoms with E-state index in [9.17, 15) is 4.79 Å². The summed E-state index contributed by atoms with van der Waals surface area (Å²) in [7, 11) is 0.